The van der Waals surface area contributed by atoms with Crippen LogP contribution in [-0.4, -0.2) is 77.8 Å². The maximum absolute atomic E-state index is 12.4. The van der Waals surface area contributed by atoms with E-state index in [1.807, 2.05) is 12.1 Å². The van der Waals surface area contributed by atoms with Crippen molar-refractivity contribution >= 4 is 17.4 Å². The highest BCUT2D eigenvalue weighted by Gasteiger charge is 2.52. The first-order valence-electron chi connectivity index (χ1n) is 9.07. The quantitative estimate of drug-likeness (QED) is 0.700. The molecular formula is C18H26N4O4. The Balaban J connectivity index is 1.75. The van der Waals surface area contributed by atoms with Crippen molar-refractivity contribution < 1.29 is 19.4 Å². The van der Waals surface area contributed by atoms with Crippen LogP contribution in [0.25, 0.3) is 0 Å². The minimum atomic E-state index is -1.90. The van der Waals surface area contributed by atoms with Crippen molar-refractivity contribution in [3.63, 3.8) is 0 Å². The molecule has 3 rings (SSSR count). The number of nitrogens with one attached hydrogen (secondary N) is 1. The number of piperidine rings is 1. The maximum Gasteiger partial charge on any atom is 0.359 e. The largest absolute Gasteiger partial charge is 0.478 e. The van der Waals surface area contributed by atoms with E-state index in [-0.39, 0.29) is 6.10 Å². The minimum absolute atomic E-state index is 0.227. The summed E-state index contributed by atoms with van der Waals surface area (Å²) in [5, 5.41) is 13.2. The number of anilines is 1. The predicted molar refractivity (Wildman–Crippen MR) is 96.0 cm³/mol. The molecule has 1 aromatic rings. The van der Waals surface area contributed by atoms with E-state index in [9.17, 15) is 14.7 Å². The fourth-order valence-electron chi connectivity index (χ4n) is 3.71. The van der Waals surface area contributed by atoms with Gasteiger partial charge in [-0.2, -0.15) is 0 Å². The molecule has 0 saturated carbocycles. The molecule has 0 aromatic carbocycles. The van der Waals surface area contributed by atoms with E-state index in [0.29, 0.717) is 39.0 Å². The number of nitrogens with zero attached hydrogens (tertiary/aromatic N) is 3. The number of aliphatic carboxylic acids is 1. The van der Waals surface area contributed by atoms with Crippen LogP contribution in [0, 0.1) is 0 Å². The van der Waals surface area contributed by atoms with Crippen LogP contribution in [0.5, 0.6) is 0 Å². The van der Waals surface area contributed by atoms with Gasteiger partial charge in [0.1, 0.15) is 0 Å². The zero-order valence-electron chi connectivity index (χ0n) is 15.1. The van der Waals surface area contributed by atoms with Gasteiger partial charge in [-0.1, -0.05) is 0 Å². The van der Waals surface area contributed by atoms with Crippen molar-refractivity contribution in [1.29, 1.82) is 0 Å². The molecule has 2 aliphatic heterocycles. The monoisotopic (exact) mass is 362 g/mol. The Morgan fingerprint density at radius 2 is 1.81 bits per heavy atom. The molecule has 3 heterocycles. The number of ether oxygens (including phenoxy) is 1. The first kappa shape index (κ1) is 18.8. The number of rotatable bonds is 6. The van der Waals surface area contributed by atoms with Crippen LogP contribution in [0.2, 0.25) is 0 Å². The molecule has 1 atom stereocenters. The van der Waals surface area contributed by atoms with Gasteiger partial charge < -0.3 is 20.1 Å². The molecule has 1 unspecified atom stereocenters. The van der Waals surface area contributed by atoms with E-state index in [2.05, 4.69) is 15.2 Å². The molecule has 8 nitrogen and oxygen atoms in total. The Labute approximate surface area is 153 Å². The Morgan fingerprint density at radius 3 is 2.35 bits per heavy atom. The van der Waals surface area contributed by atoms with Gasteiger partial charge in [0.05, 0.1) is 6.10 Å². The van der Waals surface area contributed by atoms with E-state index >= 15 is 0 Å². The molecule has 2 fully saturated rings. The molecular weight excluding hydrogens is 336 g/mol. The molecule has 0 amide bonds. The third-order valence-electron chi connectivity index (χ3n) is 5.14. The number of ketones is 1. The average molecular weight is 362 g/mol. The Morgan fingerprint density at radius 1 is 1.19 bits per heavy atom. The minimum Gasteiger partial charge on any atom is -0.478 e. The van der Waals surface area contributed by atoms with Crippen LogP contribution in [-0.2, 0) is 14.3 Å². The second-order valence-electron chi connectivity index (χ2n) is 6.75. The fourth-order valence-corrected chi connectivity index (χ4v) is 3.71. The van der Waals surface area contributed by atoms with Crippen molar-refractivity contribution in [2.75, 3.05) is 44.2 Å². The first-order chi connectivity index (χ1) is 12.5. The summed E-state index contributed by atoms with van der Waals surface area (Å²) >= 11 is 0. The second kappa shape index (κ2) is 8.11. The molecule has 0 aliphatic carbocycles. The molecule has 2 aliphatic rings. The third kappa shape index (κ3) is 3.72. The molecule has 8 heteroatoms. The normalized spacial score (nSPS) is 22.0. The summed E-state index contributed by atoms with van der Waals surface area (Å²) in [6.07, 6.45) is 4.66. The lowest BCUT2D eigenvalue weighted by molar-refractivity contribution is -0.213. The highest BCUT2D eigenvalue weighted by atomic mass is 16.6. The summed E-state index contributed by atoms with van der Waals surface area (Å²) in [7, 11) is 0. The van der Waals surface area contributed by atoms with Gasteiger partial charge in [-0.05, 0) is 45.0 Å². The topological polar surface area (TPSA) is 95.0 Å². The molecule has 0 spiro atoms. The molecule has 1 aromatic heterocycles. The maximum atomic E-state index is 12.4. The number of hydrogen-bond acceptors (Lipinski definition) is 7. The van der Waals surface area contributed by atoms with Crippen molar-refractivity contribution in [2.24, 2.45) is 0 Å². The molecule has 0 radical (unpaired) electrons. The van der Waals surface area contributed by atoms with E-state index in [4.69, 9.17) is 4.74 Å². The van der Waals surface area contributed by atoms with Gasteiger partial charge in [0.15, 0.2) is 5.78 Å². The number of hydrogen-bond donors (Lipinski definition) is 2. The number of piperazine rings is 1. The number of carboxylic acids is 1. The molecule has 2 N–H and O–H groups in total. The lowest BCUT2D eigenvalue weighted by Crippen LogP contribution is -2.67. The van der Waals surface area contributed by atoms with E-state index in [1.54, 1.807) is 17.3 Å². The Kier molecular flexibility index (Phi) is 5.85. The first-order valence-corrected chi connectivity index (χ1v) is 9.07. The van der Waals surface area contributed by atoms with E-state index in [0.717, 1.165) is 18.8 Å². The van der Waals surface area contributed by atoms with Gasteiger partial charge in [-0.25, -0.2) is 4.79 Å². The van der Waals surface area contributed by atoms with Crippen molar-refractivity contribution in [3.05, 3.63) is 24.5 Å². The number of carbonyl (C=O) groups excluding carboxylic acids is 1. The standard InChI is InChI=1S/C18H26N4O4/c1-14(23)18(17(24)25,26-16-4-8-20-9-5-16)22-12-10-21(11-13-22)15-2-6-19-7-3-15/h2-3,6-7,16,20H,4-5,8-13H2,1H3,(H,24,25). The van der Waals surface area contributed by atoms with Crippen LogP contribution >= 0.6 is 0 Å². The van der Waals surface area contributed by atoms with Gasteiger partial charge in [-0.15, -0.1) is 0 Å². The van der Waals surface area contributed by atoms with Crippen LogP contribution in [0.3, 0.4) is 0 Å². The summed E-state index contributed by atoms with van der Waals surface area (Å²) in [6.45, 7) is 4.99. The molecule has 142 valence electrons. The smallest absolute Gasteiger partial charge is 0.359 e. The third-order valence-corrected chi connectivity index (χ3v) is 5.14. The fraction of sp³-hybridized carbons (Fsp3) is 0.611. The number of aromatic nitrogens is 1. The number of Topliss-reactive ketones (excluding diaryl/α,β-unsaturated/α-hetero) is 1. The number of carboxylic acid groups (broad SMARTS) is 1. The van der Waals surface area contributed by atoms with E-state index < -0.39 is 17.5 Å². The summed E-state index contributed by atoms with van der Waals surface area (Å²) in [6, 6.07) is 3.85. The zero-order chi connectivity index (χ0) is 18.6. The Hall–Kier alpha value is -2.03. The van der Waals surface area contributed by atoms with Crippen LogP contribution < -0.4 is 10.2 Å². The van der Waals surface area contributed by atoms with Gasteiger partial charge in [0, 0.05) is 44.3 Å². The number of carbonyl (C=O) groups is 2. The van der Waals surface area contributed by atoms with Crippen molar-refractivity contribution in [2.45, 2.75) is 31.6 Å². The average Bonchev–Trinajstić information content (AvgIpc) is 2.67. The second-order valence-corrected chi connectivity index (χ2v) is 6.75. The number of pyridine rings is 1. The summed E-state index contributed by atoms with van der Waals surface area (Å²) < 4.78 is 5.99. The molecule has 26 heavy (non-hydrogen) atoms. The van der Waals surface area contributed by atoms with Crippen LogP contribution in [0.15, 0.2) is 24.5 Å². The van der Waals surface area contributed by atoms with Gasteiger partial charge in [-0.3, -0.25) is 14.7 Å². The van der Waals surface area contributed by atoms with Crippen molar-refractivity contribution in [3.8, 4) is 0 Å². The highest BCUT2D eigenvalue weighted by molar-refractivity contribution is 6.05. The summed E-state index contributed by atoms with van der Waals surface area (Å²) in [5.74, 6) is -1.69. The molecule has 2 saturated heterocycles. The van der Waals surface area contributed by atoms with E-state index in [1.165, 1.54) is 6.92 Å². The summed E-state index contributed by atoms with van der Waals surface area (Å²) in [4.78, 5) is 32.5. The lowest BCUT2D eigenvalue weighted by Gasteiger charge is -2.45. The van der Waals surface area contributed by atoms with Gasteiger partial charge in [0.25, 0.3) is 5.72 Å². The highest BCUT2D eigenvalue weighted by Crippen LogP contribution is 2.27. The molecule has 0 bridgehead atoms. The predicted octanol–water partition coefficient (Wildman–Crippen LogP) is 0.342. The Bertz CT molecular complexity index is 611. The van der Waals surface area contributed by atoms with Gasteiger partial charge >= 0.3 is 5.97 Å². The SMILES string of the molecule is CC(=O)C(OC1CCNCC1)(C(=O)O)N1CCN(c2ccncc2)CC1. The van der Waals surface area contributed by atoms with Crippen LogP contribution in [0.1, 0.15) is 19.8 Å². The van der Waals surface area contributed by atoms with Gasteiger partial charge in [0.2, 0.25) is 0 Å². The summed E-state index contributed by atoms with van der Waals surface area (Å²) in [5.41, 5.74) is -0.852. The van der Waals surface area contributed by atoms with Crippen molar-refractivity contribution in [1.82, 2.24) is 15.2 Å². The van der Waals surface area contributed by atoms with Crippen LogP contribution in [0.4, 0.5) is 5.69 Å². The zero-order valence-corrected chi connectivity index (χ0v) is 15.1. The lowest BCUT2D eigenvalue weighted by atomic mass is 10.0.